The molecule has 0 atom stereocenters. The predicted molar refractivity (Wildman–Crippen MR) is 111 cm³/mol. The quantitative estimate of drug-likeness (QED) is 0.307. The highest BCUT2D eigenvalue weighted by atomic mass is 35.5. The molecule has 0 heterocycles. The lowest BCUT2D eigenvalue weighted by molar-refractivity contribution is 0.672. The average molecular weight is 397 g/mol. The van der Waals surface area contributed by atoms with Crippen LogP contribution in [0.5, 0.6) is 0 Å². The first-order chi connectivity index (χ1) is 11.7. The second-order valence-corrected chi connectivity index (χ2v) is 8.37. The van der Waals surface area contributed by atoms with Crippen molar-refractivity contribution in [2.75, 3.05) is 0 Å². The SMILES string of the molecule is CCCCCC/C(=C\Sc1ccccc1Cl)Sc1ccccc1Cl. The number of benzene rings is 2. The highest BCUT2D eigenvalue weighted by molar-refractivity contribution is 8.06. The molecule has 24 heavy (non-hydrogen) atoms. The maximum atomic E-state index is 6.32. The van der Waals surface area contributed by atoms with Crippen LogP contribution >= 0.6 is 46.7 Å². The van der Waals surface area contributed by atoms with Gasteiger partial charge in [0.1, 0.15) is 0 Å². The van der Waals surface area contributed by atoms with Crippen molar-refractivity contribution in [3.63, 3.8) is 0 Å². The average Bonchev–Trinajstić information content (AvgIpc) is 2.59. The van der Waals surface area contributed by atoms with E-state index >= 15 is 0 Å². The Morgan fingerprint density at radius 1 is 0.875 bits per heavy atom. The van der Waals surface area contributed by atoms with Crippen molar-refractivity contribution in [2.45, 2.75) is 48.8 Å². The van der Waals surface area contributed by atoms with E-state index in [0.717, 1.165) is 26.3 Å². The van der Waals surface area contributed by atoms with Crippen LogP contribution in [0.3, 0.4) is 0 Å². The van der Waals surface area contributed by atoms with Gasteiger partial charge in [0.15, 0.2) is 0 Å². The fourth-order valence-electron chi connectivity index (χ4n) is 2.20. The van der Waals surface area contributed by atoms with Crippen LogP contribution in [-0.2, 0) is 0 Å². The van der Waals surface area contributed by atoms with Crippen molar-refractivity contribution in [1.29, 1.82) is 0 Å². The summed E-state index contributed by atoms with van der Waals surface area (Å²) in [6, 6.07) is 16.0. The molecule has 2 aromatic rings. The molecule has 0 radical (unpaired) electrons. The number of rotatable bonds is 9. The van der Waals surface area contributed by atoms with Crippen LogP contribution in [0.4, 0.5) is 0 Å². The van der Waals surface area contributed by atoms with Gasteiger partial charge in [-0.25, -0.2) is 0 Å². The van der Waals surface area contributed by atoms with Crippen LogP contribution in [0, 0.1) is 0 Å². The third-order valence-corrected chi connectivity index (χ3v) is 6.71. The summed E-state index contributed by atoms with van der Waals surface area (Å²) >= 11 is 16.0. The number of halogens is 2. The van der Waals surface area contributed by atoms with Crippen molar-refractivity contribution in [2.24, 2.45) is 0 Å². The molecule has 4 heteroatoms. The molecule has 0 saturated heterocycles. The third-order valence-electron chi connectivity index (χ3n) is 3.51. The van der Waals surface area contributed by atoms with Crippen LogP contribution in [0.2, 0.25) is 10.0 Å². The van der Waals surface area contributed by atoms with E-state index in [4.69, 9.17) is 23.2 Å². The molecule has 0 aliphatic heterocycles. The molecule has 2 aromatic carbocycles. The van der Waals surface area contributed by atoms with Crippen molar-refractivity contribution in [3.8, 4) is 0 Å². The smallest absolute Gasteiger partial charge is 0.0545 e. The van der Waals surface area contributed by atoms with Gasteiger partial charge in [0.25, 0.3) is 0 Å². The molecule has 0 nitrogen and oxygen atoms in total. The van der Waals surface area contributed by atoms with Gasteiger partial charge in [-0.1, -0.05) is 97.2 Å². The molecule has 0 spiro atoms. The minimum Gasteiger partial charge on any atom is -0.0957 e. The van der Waals surface area contributed by atoms with Crippen molar-refractivity contribution in [3.05, 3.63) is 68.9 Å². The lowest BCUT2D eigenvalue weighted by Crippen LogP contribution is -1.83. The molecular formula is C20H22Cl2S2. The first-order valence-corrected chi connectivity index (χ1v) is 10.7. The number of hydrogen-bond donors (Lipinski definition) is 0. The van der Waals surface area contributed by atoms with Crippen molar-refractivity contribution in [1.82, 2.24) is 0 Å². The summed E-state index contributed by atoms with van der Waals surface area (Å²) in [6.45, 7) is 2.24. The zero-order valence-corrected chi connectivity index (χ0v) is 16.9. The van der Waals surface area contributed by atoms with Gasteiger partial charge in [-0.05, 0) is 47.4 Å². The molecule has 0 amide bonds. The largest absolute Gasteiger partial charge is 0.0957 e. The minimum atomic E-state index is 0.798. The number of allylic oxidation sites excluding steroid dienone is 1. The van der Waals surface area contributed by atoms with E-state index in [9.17, 15) is 0 Å². The van der Waals surface area contributed by atoms with Gasteiger partial charge in [0, 0.05) is 9.79 Å². The van der Waals surface area contributed by atoms with Gasteiger partial charge >= 0.3 is 0 Å². The molecule has 2 rings (SSSR count). The van der Waals surface area contributed by atoms with Crippen LogP contribution < -0.4 is 0 Å². The molecule has 0 aromatic heterocycles. The topological polar surface area (TPSA) is 0 Å². The molecule has 0 unspecified atom stereocenters. The summed E-state index contributed by atoms with van der Waals surface area (Å²) in [7, 11) is 0. The van der Waals surface area contributed by atoms with E-state index in [1.165, 1.54) is 30.6 Å². The molecule has 0 aliphatic carbocycles. The van der Waals surface area contributed by atoms with Crippen LogP contribution in [0.25, 0.3) is 0 Å². The lowest BCUT2D eigenvalue weighted by atomic mass is 10.1. The molecule has 0 fully saturated rings. The van der Waals surface area contributed by atoms with Gasteiger partial charge in [-0.3, -0.25) is 0 Å². The first kappa shape index (κ1) is 19.8. The summed E-state index contributed by atoms with van der Waals surface area (Å²) in [5.74, 6) is 0. The summed E-state index contributed by atoms with van der Waals surface area (Å²) in [4.78, 5) is 3.54. The fourth-order valence-corrected chi connectivity index (χ4v) is 4.61. The monoisotopic (exact) mass is 396 g/mol. The number of thioether (sulfide) groups is 2. The standard InChI is InChI=1S/C20H22Cl2S2/c1-2-3-4-5-10-16(24-20-14-9-7-12-18(20)22)15-23-19-13-8-6-11-17(19)21/h6-9,11-15H,2-5,10H2,1H3/b16-15+. The summed E-state index contributed by atoms with van der Waals surface area (Å²) < 4.78 is 0. The molecular weight excluding hydrogens is 375 g/mol. The molecule has 0 bridgehead atoms. The highest BCUT2D eigenvalue weighted by Crippen LogP contribution is 2.38. The Hall–Kier alpha value is -0.540. The van der Waals surface area contributed by atoms with E-state index < -0.39 is 0 Å². The van der Waals surface area contributed by atoms with E-state index in [0.29, 0.717) is 0 Å². The van der Waals surface area contributed by atoms with E-state index in [1.807, 2.05) is 36.4 Å². The Kier molecular flexibility index (Phi) is 9.19. The van der Waals surface area contributed by atoms with Crippen molar-refractivity contribution < 1.29 is 0 Å². The van der Waals surface area contributed by atoms with Gasteiger partial charge in [0.2, 0.25) is 0 Å². The predicted octanol–water partition coefficient (Wildman–Crippen LogP) is 8.69. The van der Waals surface area contributed by atoms with E-state index in [-0.39, 0.29) is 0 Å². The zero-order chi connectivity index (χ0) is 17.2. The van der Waals surface area contributed by atoms with Gasteiger partial charge in [0.05, 0.1) is 10.0 Å². The van der Waals surface area contributed by atoms with Gasteiger partial charge in [-0.2, -0.15) is 0 Å². The number of unbranched alkanes of at least 4 members (excludes halogenated alkanes) is 3. The first-order valence-electron chi connectivity index (χ1n) is 8.23. The lowest BCUT2D eigenvalue weighted by Gasteiger charge is -2.09. The molecule has 0 N–H and O–H groups in total. The Bertz CT molecular complexity index is 668. The maximum Gasteiger partial charge on any atom is 0.0545 e. The maximum absolute atomic E-state index is 6.32. The molecule has 0 aliphatic rings. The second kappa shape index (κ2) is 11.1. The normalized spacial score (nSPS) is 11.7. The van der Waals surface area contributed by atoms with Crippen LogP contribution in [0.1, 0.15) is 39.0 Å². The highest BCUT2D eigenvalue weighted by Gasteiger charge is 2.06. The minimum absolute atomic E-state index is 0.798. The van der Waals surface area contributed by atoms with Crippen LogP contribution in [-0.4, -0.2) is 0 Å². The summed E-state index contributed by atoms with van der Waals surface area (Å²) in [6.07, 6.45) is 6.11. The molecule has 128 valence electrons. The van der Waals surface area contributed by atoms with Gasteiger partial charge < -0.3 is 0 Å². The Morgan fingerprint density at radius 3 is 2.12 bits per heavy atom. The fraction of sp³-hybridized carbons (Fsp3) is 0.300. The Morgan fingerprint density at radius 2 is 1.50 bits per heavy atom. The zero-order valence-electron chi connectivity index (χ0n) is 13.8. The number of hydrogen-bond acceptors (Lipinski definition) is 2. The summed E-state index contributed by atoms with van der Waals surface area (Å²) in [5.41, 5.74) is 0. The van der Waals surface area contributed by atoms with Gasteiger partial charge in [-0.15, -0.1) is 0 Å². The summed E-state index contributed by atoms with van der Waals surface area (Å²) in [5, 5.41) is 3.83. The van der Waals surface area contributed by atoms with Crippen LogP contribution in [0.15, 0.2) is 68.6 Å². The Labute approximate surface area is 164 Å². The Balaban J connectivity index is 2.08. The molecule has 0 saturated carbocycles. The second-order valence-electron chi connectivity index (χ2n) is 5.48. The van der Waals surface area contributed by atoms with Crippen molar-refractivity contribution >= 4 is 46.7 Å². The van der Waals surface area contributed by atoms with E-state index in [1.54, 1.807) is 23.5 Å². The third kappa shape index (κ3) is 6.76. The van der Waals surface area contributed by atoms with E-state index in [2.05, 4.69) is 24.5 Å².